The zero-order valence-corrected chi connectivity index (χ0v) is 20.8. The fraction of sp³-hybridized carbons (Fsp3) is 0.407. The Bertz CT molecular complexity index is 1350. The molecule has 3 heterocycles. The summed E-state index contributed by atoms with van der Waals surface area (Å²) in [7, 11) is 1.62. The molecule has 36 heavy (non-hydrogen) atoms. The molecule has 0 aliphatic carbocycles. The first kappa shape index (κ1) is 24.1. The van der Waals surface area contributed by atoms with Crippen molar-refractivity contribution in [2.24, 2.45) is 0 Å². The second-order valence-corrected chi connectivity index (χ2v) is 9.25. The standard InChI is InChI=1S/C27H32N6O3/c1-3-25(26-29-30-31-33(26)18-23-10-7-13-36-23)32(16-19-8-5-4-6-9-19)17-21-14-20-11-12-22(35-2)15-24(20)28-27(21)34/h4-6,8-9,11-12,14-15,23,25H,3,7,10,13,16-18H2,1-2H3,(H,28,34)/t23-,25-/m0/s1. The van der Waals surface area contributed by atoms with Crippen molar-refractivity contribution in [1.29, 1.82) is 0 Å². The van der Waals surface area contributed by atoms with E-state index in [9.17, 15) is 4.79 Å². The van der Waals surface area contributed by atoms with Crippen LogP contribution in [0.3, 0.4) is 0 Å². The molecule has 1 aliphatic rings. The Hall–Kier alpha value is -3.56. The number of nitrogens with zero attached hydrogens (tertiary/aromatic N) is 5. The highest BCUT2D eigenvalue weighted by molar-refractivity contribution is 5.80. The van der Waals surface area contributed by atoms with Gasteiger partial charge in [0.15, 0.2) is 5.82 Å². The molecule has 1 saturated heterocycles. The van der Waals surface area contributed by atoms with Crippen LogP contribution in [0.15, 0.2) is 59.4 Å². The summed E-state index contributed by atoms with van der Waals surface area (Å²) in [5, 5.41) is 13.7. The van der Waals surface area contributed by atoms with Crippen LogP contribution in [0.4, 0.5) is 0 Å². The van der Waals surface area contributed by atoms with E-state index in [4.69, 9.17) is 9.47 Å². The average Bonchev–Trinajstić information content (AvgIpc) is 3.58. The number of benzene rings is 2. The number of methoxy groups -OCH3 is 1. The number of aromatic nitrogens is 5. The van der Waals surface area contributed by atoms with Crippen molar-refractivity contribution in [3.63, 3.8) is 0 Å². The first-order valence-electron chi connectivity index (χ1n) is 12.5. The molecular formula is C27H32N6O3. The third-order valence-corrected chi connectivity index (χ3v) is 6.82. The van der Waals surface area contributed by atoms with Gasteiger partial charge in [-0.2, -0.15) is 0 Å². The molecule has 0 amide bonds. The van der Waals surface area contributed by atoms with Gasteiger partial charge in [0.1, 0.15) is 5.75 Å². The number of rotatable bonds is 10. The summed E-state index contributed by atoms with van der Waals surface area (Å²) in [5.74, 6) is 1.51. The fourth-order valence-corrected chi connectivity index (χ4v) is 4.95. The molecule has 9 heteroatoms. The van der Waals surface area contributed by atoms with Crippen LogP contribution in [-0.2, 0) is 24.4 Å². The molecule has 0 unspecified atom stereocenters. The summed E-state index contributed by atoms with van der Waals surface area (Å²) in [6, 6.07) is 17.9. The van der Waals surface area contributed by atoms with Crippen molar-refractivity contribution in [3.8, 4) is 5.75 Å². The van der Waals surface area contributed by atoms with Gasteiger partial charge in [0.2, 0.25) is 0 Å². The summed E-state index contributed by atoms with van der Waals surface area (Å²) >= 11 is 0. The average molecular weight is 489 g/mol. The molecule has 0 radical (unpaired) electrons. The van der Waals surface area contributed by atoms with Gasteiger partial charge in [0.25, 0.3) is 5.56 Å². The Morgan fingerprint density at radius 2 is 2.06 bits per heavy atom. The number of ether oxygens (including phenoxy) is 2. The van der Waals surface area contributed by atoms with Gasteiger partial charge in [-0.3, -0.25) is 9.69 Å². The number of tetrazole rings is 1. The SMILES string of the molecule is CC[C@@H](c1nnnn1C[C@@H]1CCCO1)N(Cc1ccccc1)Cc1cc2ccc(OC)cc2[nH]c1=O. The lowest BCUT2D eigenvalue weighted by Gasteiger charge is -2.30. The van der Waals surface area contributed by atoms with Gasteiger partial charge in [0, 0.05) is 31.3 Å². The van der Waals surface area contributed by atoms with Gasteiger partial charge in [-0.25, -0.2) is 4.68 Å². The highest BCUT2D eigenvalue weighted by atomic mass is 16.5. The van der Waals surface area contributed by atoms with E-state index in [1.807, 2.05) is 47.1 Å². The summed E-state index contributed by atoms with van der Waals surface area (Å²) < 4.78 is 13.0. The molecule has 1 aliphatic heterocycles. The van der Waals surface area contributed by atoms with Gasteiger partial charge in [-0.05, 0) is 58.8 Å². The van der Waals surface area contributed by atoms with Gasteiger partial charge < -0.3 is 14.5 Å². The van der Waals surface area contributed by atoms with Crippen LogP contribution in [0.25, 0.3) is 10.9 Å². The Kier molecular flexibility index (Phi) is 7.39. The number of H-pyrrole nitrogens is 1. The van der Waals surface area contributed by atoms with Crippen LogP contribution in [0.1, 0.15) is 49.2 Å². The van der Waals surface area contributed by atoms with E-state index < -0.39 is 0 Å². The van der Waals surface area contributed by atoms with Gasteiger partial charge in [-0.15, -0.1) is 5.10 Å². The molecule has 2 aromatic carbocycles. The van der Waals surface area contributed by atoms with Crippen LogP contribution in [0.5, 0.6) is 5.75 Å². The maximum absolute atomic E-state index is 13.1. The molecule has 4 aromatic rings. The third-order valence-electron chi connectivity index (χ3n) is 6.82. The summed E-state index contributed by atoms with van der Waals surface area (Å²) in [5.41, 5.74) is 2.50. The number of pyridine rings is 1. The van der Waals surface area contributed by atoms with Crippen LogP contribution in [0.2, 0.25) is 0 Å². The molecule has 1 N–H and O–H groups in total. The molecule has 1 fully saturated rings. The summed E-state index contributed by atoms with van der Waals surface area (Å²) in [6.07, 6.45) is 3.01. The van der Waals surface area contributed by atoms with E-state index in [1.165, 1.54) is 0 Å². The van der Waals surface area contributed by atoms with Crippen LogP contribution in [0, 0.1) is 0 Å². The maximum atomic E-state index is 13.1. The Balaban J connectivity index is 1.48. The zero-order valence-electron chi connectivity index (χ0n) is 20.8. The van der Waals surface area contributed by atoms with Gasteiger partial charge in [-0.1, -0.05) is 37.3 Å². The minimum atomic E-state index is -0.109. The maximum Gasteiger partial charge on any atom is 0.252 e. The van der Waals surface area contributed by atoms with Crippen LogP contribution >= 0.6 is 0 Å². The molecule has 188 valence electrons. The predicted octanol–water partition coefficient (Wildman–Crippen LogP) is 3.86. The van der Waals surface area contributed by atoms with Crippen LogP contribution < -0.4 is 10.3 Å². The smallest absolute Gasteiger partial charge is 0.252 e. The van der Waals surface area contributed by atoms with E-state index in [1.54, 1.807) is 7.11 Å². The van der Waals surface area contributed by atoms with E-state index in [0.29, 0.717) is 30.9 Å². The van der Waals surface area contributed by atoms with Crippen molar-refractivity contribution >= 4 is 10.9 Å². The Morgan fingerprint density at radius 1 is 1.19 bits per heavy atom. The van der Waals surface area contributed by atoms with E-state index >= 15 is 0 Å². The lowest BCUT2D eigenvalue weighted by Crippen LogP contribution is -2.33. The topological polar surface area (TPSA) is 98.2 Å². The number of hydrogen-bond acceptors (Lipinski definition) is 7. The fourth-order valence-electron chi connectivity index (χ4n) is 4.95. The number of fused-ring (bicyclic) bond motifs is 1. The lowest BCUT2D eigenvalue weighted by molar-refractivity contribution is 0.0888. The third kappa shape index (κ3) is 5.32. The normalized spacial score (nSPS) is 16.6. The molecule has 0 spiro atoms. The van der Waals surface area contributed by atoms with Crippen molar-refractivity contribution < 1.29 is 9.47 Å². The second-order valence-electron chi connectivity index (χ2n) is 9.25. The predicted molar refractivity (Wildman–Crippen MR) is 137 cm³/mol. The molecular weight excluding hydrogens is 456 g/mol. The second kappa shape index (κ2) is 11.0. The first-order chi connectivity index (χ1) is 17.6. The minimum Gasteiger partial charge on any atom is -0.497 e. The Morgan fingerprint density at radius 3 is 2.81 bits per heavy atom. The van der Waals surface area contributed by atoms with E-state index in [2.05, 4.69) is 44.5 Å². The highest BCUT2D eigenvalue weighted by Gasteiger charge is 2.28. The first-order valence-corrected chi connectivity index (χ1v) is 12.5. The van der Waals surface area contributed by atoms with Crippen LogP contribution in [-0.4, -0.2) is 49.9 Å². The highest BCUT2D eigenvalue weighted by Crippen LogP contribution is 2.27. The largest absolute Gasteiger partial charge is 0.497 e. The van der Waals surface area contributed by atoms with Crippen molar-refractivity contribution in [2.45, 2.75) is 58.0 Å². The number of aromatic amines is 1. The van der Waals surface area contributed by atoms with Crippen molar-refractivity contribution in [2.75, 3.05) is 13.7 Å². The van der Waals surface area contributed by atoms with E-state index in [0.717, 1.165) is 48.2 Å². The zero-order chi connectivity index (χ0) is 24.9. The number of hydrogen-bond donors (Lipinski definition) is 1. The Labute approximate surface area is 210 Å². The molecule has 0 bridgehead atoms. The number of nitrogens with one attached hydrogen (secondary N) is 1. The van der Waals surface area contributed by atoms with Gasteiger partial charge in [0.05, 0.1) is 31.3 Å². The van der Waals surface area contributed by atoms with Crippen molar-refractivity contribution in [1.82, 2.24) is 30.1 Å². The minimum absolute atomic E-state index is 0.0763. The molecule has 2 atom stereocenters. The molecule has 2 aromatic heterocycles. The molecule has 0 saturated carbocycles. The quantitative estimate of drug-likeness (QED) is 0.362. The molecule has 9 nitrogen and oxygen atoms in total. The lowest BCUT2D eigenvalue weighted by atomic mass is 10.1. The molecule has 5 rings (SSSR count). The van der Waals surface area contributed by atoms with E-state index in [-0.39, 0.29) is 17.7 Å². The van der Waals surface area contributed by atoms with Gasteiger partial charge >= 0.3 is 0 Å². The summed E-state index contributed by atoms with van der Waals surface area (Å²) in [6.45, 7) is 4.67. The monoisotopic (exact) mass is 488 g/mol. The van der Waals surface area contributed by atoms with Crippen molar-refractivity contribution in [3.05, 3.63) is 81.9 Å². The summed E-state index contributed by atoms with van der Waals surface area (Å²) in [4.78, 5) is 18.4.